The lowest BCUT2D eigenvalue weighted by atomic mass is 10.3. The van der Waals surface area contributed by atoms with Crippen molar-refractivity contribution >= 4 is 17.6 Å². The molecule has 0 aliphatic carbocycles. The highest BCUT2D eigenvalue weighted by Crippen LogP contribution is 2.21. The lowest BCUT2D eigenvalue weighted by molar-refractivity contribution is -0.0837. The van der Waals surface area contributed by atoms with Gasteiger partial charge in [0.15, 0.2) is 0 Å². The molecule has 22 heavy (non-hydrogen) atoms. The summed E-state index contributed by atoms with van der Waals surface area (Å²) in [6.07, 6.45) is 0.0572. The molecule has 0 unspecified atom stereocenters. The van der Waals surface area contributed by atoms with Crippen LogP contribution in [0.5, 0.6) is 0 Å². The molecule has 0 aromatic carbocycles. The lowest BCUT2D eigenvalue weighted by Gasteiger charge is -2.30. The highest BCUT2D eigenvalue weighted by atomic mass is 16.6. The van der Waals surface area contributed by atoms with E-state index in [1.54, 1.807) is 0 Å². The van der Waals surface area contributed by atoms with E-state index in [0.717, 1.165) is 24.7 Å². The van der Waals surface area contributed by atoms with Gasteiger partial charge in [0.05, 0.1) is 39.1 Å². The molecule has 1 aromatic rings. The summed E-state index contributed by atoms with van der Waals surface area (Å²) in [5.74, 6) is 1.92. The van der Waals surface area contributed by atoms with Gasteiger partial charge in [0, 0.05) is 32.7 Å². The van der Waals surface area contributed by atoms with Gasteiger partial charge < -0.3 is 29.7 Å². The van der Waals surface area contributed by atoms with Gasteiger partial charge in [0.25, 0.3) is 0 Å². The number of anilines is 3. The third-order valence-corrected chi connectivity index (χ3v) is 3.81. The van der Waals surface area contributed by atoms with E-state index in [1.807, 2.05) is 18.0 Å². The van der Waals surface area contributed by atoms with Crippen LogP contribution in [0.1, 0.15) is 0 Å². The van der Waals surface area contributed by atoms with Crippen LogP contribution >= 0.6 is 0 Å². The van der Waals surface area contributed by atoms with Crippen LogP contribution in [0.2, 0.25) is 0 Å². The van der Waals surface area contributed by atoms with Crippen molar-refractivity contribution in [1.82, 2.24) is 9.97 Å². The van der Waals surface area contributed by atoms with Gasteiger partial charge >= 0.3 is 0 Å². The number of nitrogen functional groups attached to an aromatic ring is 1. The average Bonchev–Trinajstić information content (AvgIpc) is 2.56. The highest BCUT2D eigenvalue weighted by molar-refractivity contribution is 5.54. The maximum atomic E-state index is 5.87. The van der Waals surface area contributed by atoms with E-state index in [2.05, 4.69) is 14.9 Å². The molecule has 122 valence electrons. The van der Waals surface area contributed by atoms with Crippen LogP contribution in [0.25, 0.3) is 0 Å². The first-order valence-corrected chi connectivity index (χ1v) is 7.60. The number of likely N-dealkylation sites (N-methyl/N-ethyl adjacent to an activating group) is 1. The van der Waals surface area contributed by atoms with E-state index in [-0.39, 0.29) is 12.1 Å². The quantitative estimate of drug-likeness (QED) is 0.815. The molecule has 1 aromatic heterocycles. The zero-order valence-electron chi connectivity index (χ0n) is 12.9. The number of ether oxygens (including phenoxy) is 3. The van der Waals surface area contributed by atoms with Gasteiger partial charge in [0.2, 0.25) is 5.95 Å². The highest BCUT2D eigenvalue weighted by Gasteiger charge is 2.19. The second kappa shape index (κ2) is 7.08. The Labute approximate surface area is 130 Å². The molecule has 8 nitrogen and oxygen atoms in total. The molecule has 1 atom stereocenters. The van der Waals surface area contributed by atoms with Crippen LogP contribution in [-0.4, -0.2) is 75.8 Å². The monoisotopic (exact) mass is 309 g/mol. The second-order valence-electron chi connectivity index (χ2n) is 5.49. The Morgan fingerprint density at radius 3 is 2.77 bits per heavy atom. The molecular weight excluding hydrogens is 286 g/mol. The molecule has 2 aliphatic heterocycles. The summed E-state index contributed by atoms with van der Waals surface area (Å²) in [5, 5.41) is 0. The van der Waals surface area contributed by atoms with Crippen LogP contribution in [0.15, 0.2) is 6.07 Å². The lowest BCUT2D eigenvalue weighted by Crippen LogP contribution is -2.39. The summed E-state index contributed by atoms with van der Waals surface area (Å²) in [7, 11) is 1.98. The summed E-state index contributed by atoms with van der Waals surface area (Å²) in [5.41, 5.74) is 5.87. The van der Waals surface area contributed by atoms with Crippen molar-refractivity contribution in [3.8, 4) is 0 Å². The number of aromatic nitrogens is 2. The number of morpholine rings is 1. The van der Waals surface area contributed by atoms with Gasteiger partial charge in [-0.15, -0.1) is 0 Å². The summed E-state index contributed by atoms with van der Waals surface area (Å²) < 4.78 is 16.5. The average molecular weight is 309 g/mol. The molecule has 2 aliphatic rings. The Hall–Kier alpha value is -1.64. The SMILES string of the molecule is CN(C[C@@H]1COCCO1)c1cc(N2CCOCC2)nc(N)n1. The normalized spacial score (nSPS) is 22.6. The Balaban J connectivity index is 1.70. The van der Waals surface area contributed by atoms with Crippen molar-refractivity contribution in [3.63, 3.8) is 0 Å². The van der Waals surface area contributed by atoms with Crippen molar-refractivity contribution in [3.05, 3.63) is 6.07 Å². The molecule has 2 N–H and O–H groups in total. The number of hydrogen-bond donors (Lipinski definition) is 1. The fourth-order valence-corrected chi connectivity index (χ4v) is 2.63. The predicted octanol–water partition coefficient (Wildman–Crippen LogP) is -0.253. The first kappa shape index (κ1) is 15.3. The number of nitrogens with two attached hydrogens (primary N) is 1. The Morgan fingerprint density at radius 1 is 1.23 bits per heavy atom. The topological polar surface area (TPSA) is 86.0 Å². The van der Waals surface area contributed by atoms with Gasteiger partial charge in [-0.25, -0.2) is 0 Å². The first-order valence-electron chi connectivity index (χ1n) is 7.60. The first-order chi connectivity index (χ1) is 10.7. The summed E-state index contributed by atoms with van der Waals surface area (Å²) in [6, 6.07) is 1.96. The number of rotatable bonds is 4. The predicted molar refractivity (Wildman–Crippen MR) is 83.3 cm³/mol. The van der Waals surface area contributed by atoms with E-state index in [9.17, 15) is 0 Å². The smallest absolute Gasteiger partial charge is 0.223 e. The van der Waals surface area contributed by atoms with Crippen LogP contribution in [0.3, 0.4) is 0 Å². The molecule has 2 saturated heterocycles. The van der Waals surface area contributed by atoms with Crippen LogP contribution < -0.4 is 15.5 Å². The molecule has 3 heterocycles. The number of nitrogens with zero attached hydrogens (tertiary/aromatic N) is 4. The molecule has 0 bridgehead atoms. The van der Waals surface area contributed by atoms with Gasteiger partial charge in [-0.05, 0) is 0 Å². The molecule has 0 radical (unpaired) electrons. The van der Waals surface area contributed by atoms with E-state index in [1.165, 1.54) is 0 Å². The van der Waals surface area contributed by atoms with E-state index in [4.69, 9.17) is 19.9 Å². The van der Waals surface area contributed by atoms with Gasteiger partial charge in [-0.2, -0.15) is 9.97 Å². The van der Waals surface area contributed by atoms with Crippen LogP contribution in [0, 0.1) is 0 Å². The summed E-state index contributed by atoms with van der Waals surface area (Å²) >= 11 is 0. The fraction of sp³-hybridized carbons (Fsp3) is 0.714. The van der Waals surface area contributed by atoms with Crippen LogP contribution in [0.4, 0.5) is 17.6 Å². The van der Waals surface area contributed by atoms with Crippen molar-refractivity contribution in [2.75, 3.05) is 75.2 Å². The van der Waals surface area contributed by atoms with Crippen molar-refractivity contribution in [2.45, 2.75) is 6.10 Å². The number of hydrogen-bond acceptors (Lipinski definition) is 8. The molecule has 3 rings (SSSR count). The van der Waals surface area contributed by atoms with Gasteiger partial charge in [-0.3, -0.25) is 0 Å². The minimum Gasteiger partial charge on any atom is -0.378 e. The minimum atomic E-state index is 0.0572. The van der Waals surface area contributed by atoms with E-state index >= 15 is 0 Å². The molecule has 0 amide bonds. The fourth-order valence-electron chi connectivity index (χ4n) is 2.63. The molecule has 2 fully saturated rings. The minimum absolute atomic E-state index is 0.0572. The van der Waals surface area contributed by atoms with Gasteiger partial charge in [0.1, 0.15) is 11.6 Å². The van der Waals surface area contributed by atoms with E-state index in [0.29, 0.717) is 39.6 Å². The van der Waals surface area contributed by atoms with Gasteiger partial charge in [-0.1, -0.05) is 0 Å². The molecule has 8 heteroatoms. The maximum absolute atomic E-state index is 5.87. The standard InChI is InChI=1S/C14H23N5O3/c1-18(9-11-10-21-6-7-22-11)12-8-13(17-14(15)16-12)19-2-4-20-5-3-19/h8,11H,2-7,9-10H2,1H3,(H2,15,16,17)/t11-/m1/s1. The zero-order valence-corrected chi connectivity index (χ0v) is 12.9. The second-order valence-corrected chi connectivity index (χ2v) is 5.49. The summed E-state index contributed by atoms with van der Waals surface area (Å²) in [6.45, 7) is 5.69. The zero-order chi connectivity index (χ0) is 15.4. The maximum Gasteiger partial charge on any atom is 0.223 e. The summed E-state index contributed by atoms with van der Waals surface area (Å²) in [4.78, 5) is 12.9. The van der Waals surface area contributed by atoms with Crippen molar-refractivity contribution in [2.24, 2.45) is 0 Å². The van der Waals surface area contributed by atoms with Crippen molar-refractivity contribution < 1.29 is 14.2 Å². The Bertz CT molecular complexity index is 489. The molecular formula is C14H23N5O3. The Kier molecular flexibility index (Phi) is 4.91. The third kappa shape index (κ3) is 3.76. The Morgan fingerprint density at radius 2 is 2.05 bits per heavy atom. The van der Waals surface area contributed by atoms with E-state index < -0.39 is 0 Å². The molecule has 0 saturated carbocycles. The third-order valence-electron chi connectivity index (χ3n) is 3.81. The largest absolute Gasteiger partial charge is 0.378 e. The van der Waals surface area contributed by atoms with Crippen molar-refractivity contribution in [1.29, 1.82) is 0 Å². The molecule has 0 spiro atoms. The van der Waals surface area contributed by atoms with Crippen LogP contribution in [-0.2, 0) is 14.2 Å².